The third-order valence-electron chi connectivity index (χ3n) is 3.22. The van der Waals surface area contributed by atoms with Gasteiger partial charge in [-0.1, -0.05) is 29.8 Å². The van der Waals surface area contributed by atoms with Crippen LogP contribution in [-0.4, -0.2) is 12.1 Å². The van der Waals surface area contributed by atoms with E-state index in [1.165, 1.54) is 0 Å². The highest BCUT2D eigenvalue weighted by atomic mass is 79.9. The second-order valence-corrected chi connectivity index (χ2v) is 5.62. The van der Waals surface area contributed by atoms with Crippen molar-refractivity contribution in [2.24, 2.45) is 11.7 Å². The Morgan fingerprint density at radius 2 is 2.18 bits per heavy atom. The van der Waals surface area contributed by atoms with Gasteiger partial charge in [-0.05, 0) is 31.0 Å². The van der Waals surface area contributed by atoms with Gasteiger partial charge in [0.25, 0.3) is 0 Å². The molecular formula is C13H18BrN3. The molecule has 1 aromatic carbocycles. The van der Waals surface area contributed by atoms with Crippen LogP contribution < -0.4 is 11.1 Å². The molecule has 0 aliphatic rings. The molecule has 0 amide bonds. The molecule has 0 spiro atoms. The maximum Gasteiger partial charge on any atom is 0.101 e. The first-order valence-electron chi connectivity index (χ1n) is 5.61. The summed E-state index contributed by atoms with van der Waals surface area (Å²) in [6.45, 7) is 6.82. The molecule has 0 radical (unpaired) electrons. The average molecular weight is 296 g/mol. The summed E-state index contributed by atoms with van der Waals surface area (Å²) in [5.74, 6) is 0.377. The summed E-state index contributed by atoms with van der Waals surface area (Å²) < 4.78 is 0.901. The Morgan fingerprint density at radius 1 is 1.53 bits per heavy atom. The molecule has 1 aromatic rings. The lowest BCUT2D eigenvalue weighted by Crippen LogP contribution is -2.47. The fraction of sp³-hybridized carbons (Fsp3) is 0.462. The van der Waals surface area contributed by atoms with Crippen molar-refractivity contribution in [2.75, 3.05) is 11.9 Å². The summed E-state index contributed by atoms with van der Waals surface area (Å²) in [5.41, 5.74) is 7.07. The monoisotopic (exact) mass is 295 g/mol. The van der Waals surface area contributed by atoms with Crippen molar-refractivity contribution >= 4 is 21.6 Å². The second-order valence-electron chi connectivity index (χ2n) is 4.70. The van der Waals surface area contributed by atoms with Gasteiger partial charge < -0.3 is 11.1 Å². The average Bonchev–Trinajstić information content (AvgIpc) is 2.30. The molecule has 0 saturated heterocycles. The van der Waals surface area contributed by atoms with Gasteiger partial charge in [-0.15, -0.1) is 0 Å². The van der Waals surface area contributed by atoms with Gasteiger partial charge in [0.15, 0.2) is 0 Å². The van der Waals surface area contributed by atoms with Gasteiger partial charge in [-0.2, -0.15) is 5.26 Å². The normalized spacial score (nSPS) is 14.2. The van der Waals surface area contributed by atoms with E-state index in [4.69, 9.17) is 11.0 Å². The summed E-state index contributed by atoms with van der Waals surface area (Å²) in [4.78, 5) is 0. The van der Waals surface area contributed by atoms with Crippen molar-refractivity contribution in [2.45, 2.75) is 26.3 Å². The lowest BCUT2D eigenvalue weighted by molar-refractivity contribution is 0.382. The maximum atomic E-state index is 9.11. The van der Waals surface area contributed by atoms with E-state index in [1.54, 1.807) is 6.07 Å². The van der Waals surface area contributed by atoms with Crippen LogP contribution in [0.1, 0.15) is 26.3 Å². The Balaban J connectivity index is 3.07. The van der Waals surface area contributed by atoms with Crippen molar-refractivity contribution < 1.29 is 0 Å². The molecule has 0 aliphatic carbocycles. The van der Waals surface area contributed by atoms with Gasteiger partial charge in [0.05, 0.1) is 11.3 Å². The zero-order valence-corrected chi connectivity index (χ0v) is 12.0. The Morgan fingerprint density at radius 3 is 2.65 bits per heavy atom. The number of nitriles is 1. The molecule has 1 atom stereocenters. The number of benzene rings is 1. The molecule has 0 saturated carbocycles. The number of hydrogen-bond acceptors (Lipinski definition) is 3. The van der Waals surface area contributed by atoms with Crippen molar-refractivity contribution in [1.29, 1.82) is 5.26 Å². The van der Waals surface area contributed by atoms with Gasteiger partial charge in [-0.25, -0.2) is 0 Å². The fourth-order valence-corrected chi connectivity index (χ4v) is 1.82. The second kappa shape index (κ2) is 5.52. The first-order valence-corrected chi connectivity index (χ1v) is 6.40. The molecule has 17 heavy (non-hydrogen) atoms. The Bertz CT molecular complexity index is 437. The molecule has 0 heterocycles. The summed E-state index contributed by atoms with van der Waals surface area (Å²) in [5, 5.41) is 12.5. The van der Waals surface area contributed by atoms with Crippen molar-refractivity contribution in [3.8, 4) is 6.07 Å². The van der Waals surface area contributed by atoms with Crippen LogP contribution in [0.4, 0.5) is 5.69 Å². The van der Waals surface area contributed by atoms with Crippen molar-refractivity contribution in [3.63, 3.8) is 0 Å². The minimum atomic E-state index is -0.209. The zero-order valence-electron chi connectivity index (χ0n) is 10.4. The summed E-state index contributed by atoms with van der Waals surface area (Å²) in [7, 11) is 0. The topological polar surface area (TPSA) is 61.8 Å². The van der Waals surface area contributed by atoms with Crippen LogP contribution in [0.3, 0.4) is 0 Å². The predicted molar refractivity (Wildman–Crippen MR) is 74.8 cm³/mol. The lowest BCUT2D eigenvalue weighted by atomic mass is 9.88. The number of nitrogens with zero attached hydrogens (tertiary/aromatic N) is 1. The molecule has 1 rings (SSSR count). The molecule has 4 heteroatoms. The van der Waals surface area contributed by atoms with Gasteiger partial charge in [0.1, 0.15) is 6.07 Å². The lowest BCUT2D eigenvalue weighted by Gasteiger charge is -2.35. The molecule has 0 bridgehead atoms. The molecule has 0 fully saturated rings. The first kappa shape index (κ1) is 14.0. The molecule has 92 valence electrons. The predicted octanol–water partition coefficient (Wildman–Crippen LogP) is 3.11. The number of nitrogens with two attached hydrogens (primary N) is 1. The van der Waals surface area contributed by atoms with Crippen LogP contribution >= 0.6 is 15.9 Å². The number of hydrogen-bond donors (Lipinski definition) is 2. The van der Waals surface area contributed by atoms with Crippen LogP contribution in [0.25, 0.3) is 0 Å². The van der Waals surface area contributed by atoms with Crippen LogP contribution in [0, 0.1) is 17.2 Å². The fourth-order valence-electron chi connectivity index (χ4n) is 1.46. The highest BCUT2D eigenvalue weighted by Gasteiger charge is 2.27. The first-order chi connectivity index (χ1) is 7.92. The van der Waals surface area contributed by atoms with Gasteiger partial charge in [0, 0.05) is 16.6 Å². The van der Waals surface area contributed by atoms with Crippen LogP contribution in [0.2, 0.25) is 0 Å². The number of nitrogens with one attached hydrogen (secondary N) is 1. The Hall–Kier alpha value is -1.05. The SMILES string of the molecule is CC(C)C(C)(CN)Nc1ccc(Br)cc1C#N. The van der Waals surface area contributed by atoms with Crippen LogP contribution in [0.5, 0.6) is 0 Å². The van der Waals surface area contributed by atoms with Gasteiger partial charge in [0.2, 0.25) is 0 Å². The summed E-state index contributed by atoms with van der Waals surface area (Å²) >= 11 is 3.36. The highest BCUT2D eigenvalue weighted by molar-refractivity contribution is 9.10. The Kier molecular flexibility index (Phi) is 4.55. The van der Waals surface area contributed by atoms with E-state index in [1.807, 2.05) is 12.1 Å². The summed E-state index contributed by atoms with van der Waals surface area (Å²) in [6.07, 6.45) is 0. The summed E-state index contributed by atoms with van der Waals surface area (Å²) in [6, 6.07) is 7.81. The van der Waals surface area contributed by atoms with Crippen molar-refractivity contribution in [3.05, 3.63) is 28.2 Å². The molecule has 0 aromatic heterocycles. The Labute approximate surface area is 111 Å². The number of rotatable bonds is 4. The van der Waals surface area contributed by atoms with E-state index >= 15 is 0 Å². The quantitative estimate of drug-likeness (QED) is 0.897. The van der Waals surface area contributed by atoms with E-state index in [-0.39, 0.29) is 5.54 Å². The highest BCUT2D eigenvalue weighted by Crippen LogP contribution is 2.26. The van der Waals surface area contributed by atoms with E-state index in [9.17, 15) is 0 Å². The van der Waals surface area contributed by atoms with Crippen LogP contribution in [-0.2, 0) is 0 Å². The zero-order chi connectivity index (χ0) is 13.1. The minimum Gasteiger partial charge on any atom is -0.377 e. The third kappa shape index (κ3) is 3.21. The molecule has 1 unspecified atom stereocenters. The maximum absolute atomic E-state index is 9.11. The van der Waals surface area contributed by atoms with E-state index < -0.39 is 0 Å². The molecule has 3 nitrogen and oxygen atoms in total. The number of anilines is 1. The van der Waals surface area contributed by atoms with Gasteiger partial charge >= 0.3 is 0 Å². The van der Waals surface area contributed by atoms with Gasteiger partial charge in [-0.3, -0.25) is 0 Å². The van der Waals surface area contributed by atoms with E-state index in [2.05, 4.69) is 48.1 Å². The van der Waals surface area contributed by atoms with E-state index in [0.29, 0.717) is 18.0 Å². The largest absolute Gasteiger partial charge is 0.377 e. The smallest absolute Gasteiger partial charge is 0.101 e. The standard InChI is InChI=1S/C13H18BrN3/c1-9(2)13(3,8-16)17-12-5-4-11(14)6-10(12)7-15/h4-6,9,17H,8,16H2,1-3H3. The molecule has 3 N–H and O–H groups in total. The minimum absolute atomic E-state index is 0.209. The molecule has 0 aliphatic heterocycles. The van der Waals surface area contributed by atoms with Crippen LogP contribution in [0.15, 0.2) is 22.7 Å². The van der Waals surface area contributed by atoms with Crippen molar-refractivity contribution in [1.82, 2.24) is 0 Å². The van der Waals surface area contributed by atoms with E-state index in [0.717, 1.165) is 10.2 Å². The third-order valence-corrected chi connectivity index (χ3v) is 3.71. The molecular weight excluding hydrogens is 278 g/mol. The number of halogens is 1.